The van der Waals surface area contributed by atoms with E-state index in [9.17, 15) is 22.8 Å². The van der Waals surface area contributed by atoms with Gasteiger partial charge in [-0.05, 0) is 0 Å². The third kappa shape index (κ3) is 4.88. The Labute approximate surface area is 101 Å². The van der Waals surface area contributed by atoms with Crippen molar-refractivity contribution in [1.82, 2.24) is 15.5 Å². The number of alkyl halides is 3. The molecule has 0 spiro atoms. The van der Waals surface area contributed by atoms with E-state index in [2.05, 4.69) is 5.32 Å². The summed E-state index contributed by atoms with van der Waals surface area (Å²) in [5.41, 5.74) is 0. The summed E-state index contributed by atoms with van der Waals surface area (Å²) in [7, 11) is 0. The third-order valence-corrected chi connectivity index (χ3v) is 2.47. The van der Waals surface area contributed by atoms with Gasteiger partial charge in [0.1, 0.15) is 12.6 Å². The summed E-state index contributed by atoms with van der Waals surface area (Å²) in [5.74, 6) is -1.94. The number of carboxylic acid groups (broad SMARTS) is 1. The highest BCUT2D eigenvalue weighted by Crippen LogP contribution is 2.12. The molecule has 1 aliphatic rings. The fourth-order valence-electron chi connectivity index (χ4n) is 1.62. The number of rotatable bonds is 4. The van der Waals surface area contributed by atoms with Gasteiger partial charge in [0.05, 0.1) is 6.54 Å². The Kier molecular flexibility index (Phi) is 4.91. The first-order valence-electron chi connectivity index (χ1n) is 5.30. The van der Waals surface area contributed by atoms with Gasteiger partial charge in [-0.2, -0.15) is 13.2 Å². The molecular formula is C9H14F3N3O3. The van der Waals surface area contributed by atoms with Crippen LogP contribution in [0, 0.1) is 0 Å². The van der Waals surface area contributed by atoms with Gasteiger partial charge in [0.15, 0.2) is 0 Å². The molecule has 9 heteroatoms. The molecule has 0 bridgehead atoms. The van der Waals surface area contributed by atoms with Crippen molar-refractivity contribution in [1.29, 1.82) is 0 Å². The van der Waals surface area contributed by atoms with E-state index in [0.717, 1.165) is 0 Å². The van der Waals surface area contributed by atoms with Gasteiger partial charge in [0.2, 0.25) is 5.91 Å². The highest BCUT2D eigenvalue weighted by atomic mass is 19.4. The Hall–Kier alpha value is -1.35. The second-order valence-electron chi connectivity index (χ2n) is 3.92. The molecule has 0 aromatic carbocycles. The molecule has 0 aromatic rings. The van der Waals surface area contributed by atoms with Crippen LogP contribution in [0.4, 0.5) is 13.2 Å². The molecule has 3 N–H and O–H groups in total. The maximum Gasteiger partial charge on any atom is 0.405 e. The number of carbonyl (C=O) groups is 2. The minimum Gasteiger partial charge on any atom is -0.480 e. The lowest BCUT2D eigenvalue weighted by molar-refractivity contribution is -0.146. The maximum absolute atomic E-state index is 11.9. The number of nitrogens with zero attached hydrogens (tertiary/aromatic N) is 1. The fraction of sp³-hybridized carbons (Fsp3) is 0.778. The van der Waals surface area contributed by atoms with Crippen molar-refractivity contribution in [3.63, 3.8) is 0 Å². The van der Waals surface area contributed by atoms with Crippen LogP contribution in [0.15, 0.2) is 0 Å². The number of hydrogen-bond acceptors (Lipinski definition) is 4. The predicted octanol–water partition coefficient (Wildman–Crippen LogP) is -0.977. The lowest BCUT2D eigenvalue weighted by atomic mass is 10.2. The van der Waals surface area contributed by atoms with Gasteiger partial charge in [-0.25, -0.2) is 0 Å². The van der Waals surface area contributed by atoms with E-state index in [-0.39, 0.29) is 13.1 Å². The van der Waals surface area contributed by atoms with Crippen molar-refractivity contribution in [2.45, 2.75) is 12.2 Å². The molecule has 1 rings (SSSR count). The van der Waals surface area contributed by atoms with Crippen molar-refractivity contribution >= 4 is 11.9 Å². The molecule has 1 amide bonds. The average Bonchev–Trinajstić information content (AvgIpc) is 2.26. The van der Waals surface area contributed by atoms with E-state index in [1.165, 1.54) is 4.90 Å². The van der Waals surface area contributed by atoms with Crippen LogP contribution in [-0.2, 0) is 9.59 Å². The number of nitrogens with one attached hydrogen (secondary N) is 2. The normalized spacial score (nSPS) is 21.6. The monoisotopic (exact) mass is 269 g/mol. The summed E-state index contributed by atoms with van der Waals surface area (Å²) in [6.07, 6.45) is -4.47. The summed E-state index contributed by atoms with van der Waals surface area (Å²) < 4.78 is 35.6. The largest absolute Gasteiger partial charge is 0.480 e. The first kappa shape index (κ1) is 14.7. The highest BCUT2D eigenvalue weighted by molar-refractivity contribution is 5.80. The second-order valence-corrected chi connectivity index (χ2v) is 3.92. The van der Waals surface area contributed by atoms with Crippen molar-refractivity contribution in [3.8, 4) is 0 Å². The molecule has 104 valence electrons. The second kappa shape index (κ2) is 6.01. The molecule has 0 radical (unpaired) electrons. The molecule has 18 heavy (non-hydrogen) atoms. The molecule has 0 aliphatic carbocycles. The average molecular weight is 269 g/mol. The summed E-state index contributed by atoms with van der Waals surface area (Å²) in [6.45, 7) is -0.793. The van der Waals surface area contributed by atoms with E-state index >= 15 is 0 Å². The van der Waals surface area contributed by atoms with Crippen molar-refractivity contribution in [2.24, 2.45) is 0 Å². The van der Waals surface area contributed by atoms with Crippen LogP contribution < -0.4 is 10.6 Å². The van der Waals surface area contributed by atoms with Crippen molar-refractivity contribution in [2.75, 3.05) is 32.7 Å². The van der Waals surface area contributed by atoms with Gasteiger partial charge >= 0.3 is 12.1 Å². The molecule has 1 heterocycles. The van der Waals surface area contributed by atoms with E-state index < -0.39 is 30.6 Å². The van der Waals surface area contributed by atoms with E-state index in [0.29, 0.717) is 13.1 Å². The number of hydrogen-bond donors (Lipinski definition) is 3. The van der Waals surface area contributed by atoms with Crippen LogP contribution in [0.25, 0.3) is 0 Å². The fourth-order valence-corrected chi connectivity index (χ4v) is 1.62. The Morgan fingerprint density at radius 2 is 2.11 bits per heavy atom. The Morgan fingerprint density at radius 1 is 1.44 bits per heavy atom. The molecule has 0 saturated carbocycles. The van der Waals surface area contributed by atoms with Gasteiger partial charge in [-0.1, -0.05) is 0 Å². The first-order valence-corrected chi connectivity index (χ1v) is 5.30. The molecule has 0 aromatic heterocycles. The minimum atomic E-state index is -4.47. The zero-order valence-corrected chi connectivity index (χ0v) is 9.46. The van der Waals surface area contributed by atoms with Gasteiger partial charge in [0, 0.05) is 19.6 Å². The zero-order chi connectivity index (χ0) is 13.8. The molecular weight excluding hydrogens is 255 g/mol. The smallest absolute Gasteiger partial charge is 0.405 e. The number of amides is 1. The Bertz CT molecular complexity index is 322. The third-order valence-electron chi connectivity index (χ3n) is 2.47. The maximum atomic E-state index is 11.9. The summed E-state index contributed by atoms with van der Waals surface area (Å²) >= 11 is 0. The standard InChI is InChI=1S/C9H14F3N3O3/c10-9(11,12)5-14-7(16)4-15-2-1-13-3-6(15)8(17)18/h6,13H,1-5H2,(H,14,16)(H,17,18). The number of halogens is 3. The number of carboxylic acids is 1. The van der Waals surface area contributed by atoms with Crippen LogP contribution in [0.3, 0.4) is 0 Å². The van der Waals surface area contributed by atoms with Gasteiger partial charge < -0.3 is 15.7 Å². The Morgan fingerprint density at radius 3 is 2.67 bits per heavy atom. The van der Waals surface area contributed by atoms with Crippen LogP contribution >= 0.6 is 0 Å². The lowest BCUT2D eigenvalue weighted by Crippen LogP contribution is -2.57. The van der Waals surface area contributed by atoms with Gasteiger partial charge in [-0.3, -0.25) is 14.5 Å². The lowest BCUT2D eigenvalue weighted by Gasteiger charge is -2.32. The SMILES string of the molecule is O=C(CN1CCNCC1C(=O)O)NCC(F)(F)F. The van der Waals surface area contributed by atoms with Crippen molar-refractivity contribution in [3.05, 3.63) is 0 Å². The Balaban J connectivity index is 2.44. The van der Waals surface area contributed by atoms with Crippen LogP contribution in [0.1, 0.15) is 0 Å². The molecule has 1 unspecified atom stereocenters. The quantitative estimate of drug-likeness (QED) is 0.611. The number of piperazine rings is 1. The van der Waals surface area contributed by atoms with Gasteiger partial charge in [-0.15, -0.1) is 0 Å². The molecule has 1 saturated heterocycles. The number of aliphatic carboxylic acids is 1. The van der Waals surface area contributed by atoms with Crippen LogP contribution in [0.2, 0.25) is 0 Å². The number of carbonyl (C=O) groups excluding carboxylic acids is 1. The molecule has 1 aliphatic heterocycles. The summed E-state index contributed by atoms with van der Waals surface area (Å²) in [5, 5.41) is 13.4. The van der Waals surface area contributed by atoms with Crippen LogP contribution in [-0.4, -0.2) is 66.8 Å². The summed E-state index contributed by atoms with van der Waals surface area (Å²) in [6, 6.07) is -0.893. The molecule has 6 nitrogen and oxygen atoms in total. The minimum absolute atomic E-state index is 0.169. The molecule has 1 fully saturated rings. The van der Waals surface area contributed by atoms with E-state index in [4.69, 9.17) is 5.11 Å². The molecule has 1 atom stereocenters. The van der Waals surface area contributed by atoms with Gasteiger partial charge in [0.25, 0.3) is 0 Å². The van der Waals surface area contributed by atoms with Crippen molar-refractivity contribution < 1.29 is 27.9 Å². The highest BCUT2D eigenvalue weighted by Gasteiger charge is 2.31. The zero-order valence-electron chi connectivity index (χ0n) is 9.46. The van der Waals surface area contributed by atoms with E-state index in [1.807, 2.05) is 0 Å². The van der Waals surface area contributed by atoms with E-state index in [1.54, 1.807) is 5.32 Å². The summed E-state index contributed by atoms with van der Waals surface area (Å²) in [4.78, 5) is 23.5. The first-order chi connectivity index (χ1) is 8.29. The predicted molar refractivity (Wildman–Crippen MR) is 54.9 cm³/mol. The topological polar surface area (TPSA) is 81.7 Å². The van der Waals surface area contributed by atoms with Crippen LogP contribution in [0.5, 0.6) is 0 Å².